The number of sulfonamides is 1. The average molecular weight is 413 g/mol. The third kappa shape index (κ3) is 3.61. The first-order valence-corrected chi connectivity index (χ1v) is 10.7. The van der Waals surface area contributed by atoms with E-state index in [2.05, 4.69) is 9.82 Å². The van der Waals surface area contributed by atoms with Crippen molar-refractivity contribution in [3.05, 3.63) is 60.4 Å². The number of hydrogen-bond acceptors (Lipinski definition) is 6. The zero-order chi connectivity index (χ0) is 19.8. The molecule has 0 spiro atoms. The SMILES string of the molecule is O=S(=O)(Nc1cnn(CC2COc3ccccc3O2)c1)c1ccc2c(c1)CCO2. The molecule has 2 aromatic carbocycles. The lowest BCUT2D eigenvalue weighted by atomic mass is 10.2. The zero-order valence-electron chi connectivity index (χ0n) is 15.4. The maximum Gasteiger partial charge on any atom is 0.262 e. The van der Waals surface area contributed by atoms with Gasteiger partial charge in [-0.25, -0.2) is 8.42 Å². The van der Waals surface area contributed by atoms with Gasteiger partial charge in [-0.2, -0.15) is 5.10 Å². The molecule has 2 aliphatic rings. The summed E-state index contributed by atoms with van der Waals surface area (Å²) in [5.41, 5.74) is 1.29. The molecule has 3 aromatic rings. The smallest absolute Gasteiger partial charge is 0.262 e. The zero-order valence-corrected chi connectivity index (χ0v) is 16.3. The van der Waals surface area contributed by atoms with Crippen LogP contribution in [0.4, 0.5) is 5.69 Å². The normalized spacial score (nSPS) is 17.4. The molecule has 9 heteroatoms. The molecular formula is C20H19N3O5S. The Bertz CT molecular complexity index is 1160. The molecular weight excluding hydrogens is 394 g/mol. The third-order valence-electron chi connectivity index (χ3n) is 4.81. The lowest BCUT2D eigenvalue weighted by molar-refractivity contribution is 0.0759. The van der Waals surface area contributed by atoms with Crippen LogP contribution in [0.2, 0.25) is 0 Å². The van der Waals surface area contributed by atoms with Crippen molar-refractivity contribution in [3.8, 4) is 17.2 Å². The van der Waals surface area contributed by atoms with Crippen LogP contribution in [0.25, 0.3) is 0 Å². The second-order valence-electron chi connectivity index (χ2n) is 6.92. The van der Waals surface area contributed by atoms with Gasteiger partial charge in [-0.05, 0) is 35.9 Å². The molecule has 3 heterocycles. The summed E-state index contributed by atoms with van der Waals surface area (Å²) in [4.78, 5) is 0.204. The Morgan fingerprint density at radius 3 is 2.86 bits per heavy atom. The number of fused-ring (bicyclic) bond motifs is 2. The van der Waals surface area contributed by atoms with Crippen LogP contribution >= 0.6 is 0 Å². The van der Waals surface area contributed by atoms with Gasteiger partial charge in [-0.1, -0.05) is 12.1 Å². The summed E-state index contributed by atoms with van der Waals surface area (Å²) >= 11 is 0. The lowest BCUT2D eigenvalue weighted by Gasteiger charge is -2.26. The van der Waals surface area contributed by atoms with Crippen LogP contribution in [0.5, 0.6) is 17.2 Å². The number of ether oxygens (including phenoxy) is 3. The standard InChI is InChI=1S/C20H19N3O5S/c24-29(25,17-5-6-18-14(9-17)7-8-26-18)22-15-10-21-23(11-15)12-16-13-27-19-3-1-2-4-20(19)28-16/h1-6,9-11,16,22H,7-8,12-13H2. The van der Waals surface area contributed by atoms with E-state index in [1.165, 1.54) is 6.20 Å². The monoisotopic (exact) mass is 413 g/mol. The van der Waals surface area contributed by atoms with E-state index in [0.717, 1.165) is 17.1 Å². The number of aromatic nitrogens is 2. The van der Waals surface area contributed by atoms with Crippen molar-refractivity contribution < 1.29 is 22.6 Å². The van der Waals surface area contributed by atoms with Gasteiger partial charge in [0.1, 0.15) is 12.4 Å². The van der Waals surface area contributed by atoms with E-state index in [-0.39, 0.29) is 11.0 Å². The van der Waals surface area contributed by atoms with Crippen LogP contribution in [0, 0.1) is 0 Å². The van der Waals surface area contributed by atoms with Gasteiger partial charge >= 0.3 is 0 Å². The predicted molar refractivity (Wildman–Crippen MR) is 105 cm³/mol. The number of nitrogens with zero attached hydrogens (tertiary/aromatic N) is 2. The fourth-order valence-electron chi connectivity index (χ4n) is 3.42. The highest BCUT2D eigenvalue weighted by molar-refractivity contribution is 7.92. The van der Waals surface area contributed by atoms with E-state index in [1.807, 2.05) is 24.3 Å². The highest BCUT2D eigenvalue weighted by atomic mass is 32.2. The van der Waals surface area contributed by atoms with Crippen molar-refractivity contribution in [1.29, 1.82) is 0 Å². The Balaban J connectivity index is 1.27. The fraction of sp³-hybridized carbons (Fsp3) is 0.250. The van der Waals surface area contributed by atoms with Crippen molar-refractivity contribution in [3.63, 3.8) is 0 Å². The highest BCUT2D eigenvalue weighted by Gasteiger charge is 2.23. The maximum atomic E-state index is 12.7. The lowest BCUT2D eigenvalue weighted by Crippen LogP contribution is -2.33. The Morgan fingerprint density at radius 2 is 1.97 bits per heavy atom. The first-order valence-electron chi connectivity index (χ1n) is 9.26. The second kappa shape index (κ2) is 7.00. The van der Waals surface area contributed by atoms with Gasteiger partial charge in [-0.15, -0.1) is 0 Å². The summed E-state index contributed by atoms with van der Waals surface area (Å²) in [5.74, 6) is 2.16. The van der Waals surface area contributed by atoms with E-state index in [0.29, 0.717) is 37.6 Å². The molecule has 0 fully saturated rings. The summed E-state index contributed by atoms with van der Waals surface area (Å²) in [7, 11) is -3.71. The Morgan fingerprint density at radius 1 is 1.10 bits per heavy atom. The van der Waals surface area contributed by atoms with Gasteiger partial charge in [0.15, 0.2) is 17.6 Å². The molecule has 0 amide bonds. The van der Waals surface area contributed by atoms with E-state index in [9.17, 15) is 8.42 Å². The number of hydrogen-bond donors (Lipinski definition) is 1. The highest BCUT2D eigenvalue weighted by Crippen LogP contribution is 2.31. The number of rotatable bonds is 5. The first kappa shape index (κ1) is 17.9. The maximum absolute atomic E-state index is 12.7. The van der Waals surface area contributed by atoms with Gasteiger partial charge in [0.05, 0.1) is 29.9 Å². The average Bonchev–Trinajstić information content (AvgIpc) is 3.36. The molecule has 2 aliphatic heterocycles. The number of nitrogens with one attached hydrogen (secondary N) is 1. The molecule has 0 aliphatic carbocycles. The number of anilines is 1. The first-order chi connectivity index (χ1) is 14.1. The van der Waals surface area contributed by atoms with E-state index < -0.39 is 10.0 Å². The van der Waals surface area contributed by atoms with Crippen molar-refractivity contribution in [2.75, 3.05) is 17.9 Å². The summed E-state index contributed by atoms with van der Waals surface area (Å²) in [6.07, 6.45) is 3.61. The molecule has 0 bridgehead atoms. The van der Waals surface area contributed by atoms with Gasteiger partial charge in [0.2, 0.25) is 0 Å². The van der Waals surface area contributed by atoms with E-state index in [4.69, 9.17) is 14.2 Å². The van der Waals surface area contributed by atoms with Gasteiger partial charge in [-0.3, -0.25) is 9.40 Å². The van der Waals surface area contributed by atoms with E-state index >= 15 is 0 Å². The minimum Gasteiger partial charge on any atom is -0.493 e. The Hall–Kier alpha value is -3.20. The molecule has 29 heavy (non-hydrogen) atoms. The summed E-state index contributed by atoms with van der Waals surface area (Å²) in [5, 5.41) is 4.24. The van der Waals surface area contributed by atoms with Gasteiger partial charge in [0, 0.05) is 12.6 Å². The number of benzene rings is 2. The van der Waals surface area contributed by atoms with Crippen LogP contribution in [0.1, 0.15) is 5.56 Å². The van der Waals surface area contributed by atoms with Crippen LogP contribution in [0.15, 0.2) is 59.8 Å². The van der Waals surface area contributed by atoms with Crippen LogP contribution in [-0.2, 0) is 23.0 Å². The van der Waals surface area contributed by atoms with Crippen LogP contribution in [0.3, 0.4) is 0 Å². The Labute approximate surface area is 168 Å². The van der Waals surface area contributed by atoms with Crippen LogP contribution in [-0.4, -0.2) is 37.5 Å². The topological polar surface area (TPSA) is 91.7 Å². The molecule has 150 valence electrons. The molecule has 0 saturated heterocycles. The minimum absolute atomic E-state index is 0.204. The largest absolute Gasteiger partial charge is 0.493 e. The molecule has 5 rings (SSSR count). The molecule has 0 radical (unpaired) electrons. The summed E-state index contributed by atoms with van der Waals surface area (Å²) in [6, 6.07) is 12.4. The molecule has 0 saturated carbocycles. The predicted octanol–water partition coefficient (Wildman–Crippen LogP) is 2.46. The fourth-order valence-corrected chi connectivity index (χ4v) is 4.50. The van der Waals surface area contributed by atoms with Crippen LogP contribution < -0.4 is 18.9 Å². The molecule has 1 unspecified atom stereocenters. The minimum atomic E-state index is -3.71. The number of para-hydroxylation sites is 2. The second-order valence-corrected chi connectivity index (χ2v) is 8.60. The summed E-state index contributed by atoms with van der Waals surface area (Å²) < 4.78 is 46.7. The van der Waals surface area contributed by atoms with E-state index in [1.54, 1.807) is 29.1 Å². The summed E-state index contributed by atoms with van der Waals surface area (Å²) in [6.45, 7) is 1.41. The molecule has 1 atom stereocenters. The van der Waals surface area contributed by atoms with Crippen molar-refractivity contribution in [2.24, 2.45) is 0 Å². The van der Waals surface area contributed by atoms with Crippen molar-refractivity contribution in [1.82, 2.24) is 9.78 Å². The molecule has 1 aromatic heterocycles. The molecule has 8 nitrogen and oxygen atoms in total. The van der Waals surface area contributed by atoms with Gasteiger partial charge in [0.25, 0.3) is 10.0 Å². The quantitative estimate of drug-likeness (QED) is 0.691. The van der Waals surface area contributed by atoms with Gasteiger partial charge < -0.3 is 14.2 Å². The van der Waals surface area contributed by atoms with Crippen molar-refractivity contribution in [2.45, 2.75) is 24.0 Å². The third-order valence-corrected chi connectivity index (χ3v) is 6.19. The van der Waals surface area contributed by atoms with Crippen molar-refractivity contribution >= 4 is 15.7 Å². The molecule has 1 N–H and O–H groups in total. The Kier molecular flexibility index (Phi) is 4.31.